The van der Waals surface area contributed by atoms with Crippen LogP contribution in [0.5, 0.6) is 0 Å². The van der Waals surface area contributed by atoms with Gasteiger partial charge < -0.3 is 10.6 Å². The van der Waals surface area contributed by atoms with E-state index in [0.29, 0.717) is 21.8 Å². The Morgan fingerprint density at radius 3 is 2.28 bits per heavy atom. The third kappa shape index (κ3) is 4.75. The van der Waals surface area contributed by atoms with Crippen molar-refractivity contribution in [3.63, 3.8) is 0 Å². The van der Waals surface area contributed by atoms with Gasteiger partial charge in [0.1, 0.15) is 0 Å². The van der Waals surface area contributed by atoms with Crippen LogP contribution in [0.2, 0.25) is 5.02 Å². The largest absolute Gasteiger partial charge is 0.347 e. The summed E-state index contributed by atoms with van der Waals surface area (Å²) in [5.41, 5.74) is 2.45. The molecule has 1 fully saturated rings. The molecule has 2 atom stereocenters. The standard InChI is InChI=1S/C25H24ClN3O3/c1-16-15-18(26)10-13-20(16)25(32)28-22-6-4-5-21(22)27-24(31)17-8-11-19(12-9-17)29-14-3-2-7-23(29)30/h2-3,7-15,21-22H,4-6H2,1H3,(H,27,31)(H,28,32)/t21-,22+/m0/s1. The Morgan fingerprint density at radius 1 is 0.938 bits per heavy atom. The average molecular weight is 450 g/mol. The van der Waals surface area contributed by atoms with Crippen LogP contribution in [0.25, 0.3) is 5.69 Å². The molecule has 2 amide bonds. The maximum atomic E-state index is 12.8. The number of carbonyl (C=O) groups is 2. The highest BCUT2D eigenvalue weighted by Crippen LogP contribution is 2.22. The number of pyridine rings is 1. The SMILES string of the molecule is Cc1cc(Cl)ccc1C(=O)N[C@@H]1CCC[C@@H]1NC(=O)c1ccc(-n2ccccc2=O)cc1. The van der Waals surface area contributed by atoms with E-state index in [4.69, 9.17) is 11.6 Å². The molecule has 0 aliphatic heterocycles. The van der Waals surface area contributed by atoms with Crippen LogP contribution in [0.4, 0.5) is 0 Å². The van der Waals surface area contributed by atoms with Gasteiger partial charge in [-0.2, -0.15) is 0 Å². The Hall–Kier alpha value is -3.38. The monoisotopic (exact) mass is 449 g/mol. The van der Waals surface area contributed by atoms with E-state index in [-0.39, 0.29) is 29.5 Å². The third-order valence-corrected chi connectivity index (χ3v) is 6.05. The number of rotatable bonds is 5. The van der Waals surface area contributed by atoms with Crippen molar-refractivity contribution >= 4 is 23.4 Å². The first-order chi connectivity index (χ1) is 15.4. The normalized spacial score (nSPS) is 17.7. The zero-order valence-corrected chi connectivity index (χ0v) is 18.4. The minimum atomic E-state index is -0.203. The second-order valence-electron chi connectivity index (χ2n) is 8.01. The number of hydrogen-bond donors (Lipinski definition) is 2. The minimum Gasteiger partial charge on any atom is -0.347 e. The van der Waals surface area contributed by atoms with Crippen LogP contribution in [-0.2, 0) is 0 Å². The van der Waals surface area contributed by atoms with Crippen LogP contribution in [0.1, 0.15) is 45.5 Å². The van der Waals surface area contributed by atoms with Crippen LogP contribution >= 0.6 is 11.6 Å². The molecule has 3 aromatic rings. The summed E-state index contributed by atoms with van der Waals surface area (Å²) in [6, 6.07) is 16.7. The Morgan fingerprint density at radius 2 is 1.62 bits per heavy atom. The lowest BCUT2D eigenvalue weighted by Gasteiger charge is -2.23. The average Bonchev–Trinajstić information content (AvgIpc) is 3.20. The Balaban J connectivity index is 1.41. The first-order valence-corrected chi connectivity index (χ1v) is 11.0. The van der Waals surface area contributed by atoms with Crippen LogP contribution in [-0.4, -0.2) is 28.5 Å². The molecule has 2 N–H and O–H groups in total. The van der Waals surface area contributed by atoms with Gasteiger partial charge in [0.05, 0.1) is 0 Å². The summed E-state index contributed by atoms with van der Waals surface area (Å²) in [6.45, 7) is 1.85. The summed E-state index contributed by atoms with van der Waals surface area (Å²) >= 11 is 5.99. The summed E-state index contributed by atoms with van der Waals surface area (Å²) in [5, 5.41) is 6.71. The van der Waals surface area contributed by atoms with Gasteiger partial charge in [-0.3, -0.25) is 19.0 Å². The molecule has 2 aromatic carbocycles. The fourth-order valence-corrected chi connectivity index (χ4v) is 4.33. The second kappa shape index (κ2) is 9.40. The minimum absolute atomic E-state index is 0.134. The molecule has 7 heteroatoms. The number of hydrogen-bond acceptors (Lipinski definition) is 3. The van der Waals surface area contributed by atoms with Gasteiger partial charge >= 0.3 is 0 Å². The van der Waals surface area contributed by atoms with E-state index in [0.717, 1.165) is 24.8 Å². The predicted molar refractivity (Wildman–Crippen MR) is 125 cm³/mol. The Bertz CT molecular complexity index is 1200. The summed E-state index contributed by atoms with van der Waals surface area (Å²) in [4.78, 5) is 37.5. The first kappa shape index (κ1) is 21.8. The lowest BCUT2D eigenvalue weighted by molar-refractivity contribution is 0.0891. The summed E-state index contributed by atoms with van der Waals surface area (Å²) in [7, 11) is 0. The zero-order valence-electron chi connectivity index (χ0n) is 17.7. The zero-order chi connectivity index (χ0) is 22.7. The molecule has 0 radical (unpaired) electrons. The van der Waals surface area contributed by atoms with E-state index in [1.54, 1.807) is 60.8 Å². The molecule has 6 nitrogen and oxygen atoms in total. The number of nitrogens with zero attached hydrogens (tertiary/aromatic N) is 1. The quantitative estimate of drug-likeness (QED) is 0.620. The summed E-state index contributed by atoms with van der Waals surface area (Å²) < 4.78 is 1.52. The highest BCUT2D eigenvalue weighted by atomic mass is 35.5. The second-order valence-corrected chi connectivity index (χ2v) is 8.44. The number of amides is 2. The van der Waals surface area contributed by atoms with Crippen LogP contribution in [0.15, 0.2) is 71.7 Å². The van der Waals surface area contributed by atoms with E-state index in [9.17, 15) is 14.4 Å². The lowest BCUT2D eigenvalue weighted by Crippen LogP contribution is -2.48. The number of halogens is 1. The Labute approximate surface area is 191 Å². The van der Waals surface area contributed by atoms with Crippen LogP contribution in [0.3, 0.4) is 0 Å². The van der Waals surface area contributed by atoms with E-state index in [1.165, 1.54) is 10.6 Å². The van der Waals surface area contributed by atoms with Crippen molar-refractivity contribution in [2.24, 2.45) is 0 Å². The molecule has 0 unspecified atom stereocenters. The number of benzene rings is 2. The van der Waals surface area contributed by atoms with E-state index in [1.807, 2.05) is 6.92 Å². The molecule has 1 aromatic heterocycles. The molecule has 0 spiro atoms. The fraction of sp³-hybridized carbons (Fsp3) is 0.240. The number of aryl methyl sites for hydroxylation is 1. The molecule has 4 rings (SSSR count). The molecule has 1 heterocycles. The van der Waals surface area contributed by atoms with Crippen molar-refractivity contribution < 1.29 is 9.59 Å². The van der Waals surface area contributed by atoms with Crippen LogP contribution < -0.4 is 16.2 Å². The third-order valence-electron chi connectivity index (χ3n) is 5.81. The topological polar surface area (TPSA) is 80.2 Å². The number of carbonyl (C=O) groups excluding carboxylic acids is 2. The molecular weight excluding hydrogens is 426 g/mol. The van der Waals surface area contributed by atoms with Crippen LogP contribution in [0, 0.1) is 6.92 Å². The maximum absolute atomic E-state index is 12.8. The first-order valence-electron chi connectivity index (χ1n) is 10.6. The highest BCUT2D eigenvalue weighted by Gasteiger charge is 2.30. The molecule has 164 valence electrons. The smallest absolute Gasteiger partial charge is 0.255 e. The van der Waals surface area contributed by atoms with Gasteiger partial charge in [0.2, 0.25) is 0 Å². The van der Waals surface area contributed by atoms with Gasteiger partial charge in [0.15, 0.2) is 0 Å². The van der Waals surface area contributed by atoms with E-state index < -0.39 is 0 Å². The number of nitrogens with one attached hydrogen (secondary N) is 2. The van der Waals surface area contributed by atoms with E-state index in [2.05, 4.69) is 10.6 Å². The van der Waals surface area contributed by atoms with Gasteiger partial charge in [-0.1, -0.05) is 17.7 Å². The molecule has 1 aliphatic carbocycles. The van der Waals surface area contributed by atoms with Gasteiger partial charge in [-0.05, 0) is 80.3 Å². The van der Waals surface area contributed by atoms with Crippen molar-refractivity contribution in [3.8, 4) is 5.69 Å². The highest BCUT2D eigenvalue weighted by molar-refractivity contribution is 6.30. The van der Waals surface area contributed by atoms with Crippen molar-refractivity contribution in [2.75, 3.05) is 0 Å². The summed E-state index contributed by atoms with van der Waals surface area (Å²) in [6.07, 6.45) is 4.21. The Kier molecular flexibility index (Phi) is 6.42. The van der Waals surface area contributed by atoms with Gasteiger partial charge in [-0.25, -0.2) is 0 Å². The van der Waals surface area contributed by atoms with E-state index >= 15 is 0 Å². The fourth-order valence-electron chi connectivity index (χ4n) is 4.10. The van der Waals surface area contributed by atoms with Gasteiger partial charge in [0.25, 0.3) is 17.4 Å². The molecule has 0 bridgehead atoms. The summed E-state index contributed by atoms with van der Waals surface area (Å²) in [5.74, 6) is -0.367. The molecule has 1 saturated carbocycles. The van der Waals surface area contributed by atoms with Crippen molar-refractivity contribution in [1.82, 2.24) is 15.2 Å². The lowest BCUT2D eigenvalue weighted by atomic mass is 10.1. The maximum Gasteiger partial charge on any atom is 0.255 e. The number of aromatic nitrogens is 1. The molecule has 32 heavy (non-hydrogen) atoms. The predicted octanol–water partition coefficient (Wildman–Crippen LogP) is 3.88. The van der Waals surface area contributed by atoms with Gasteiger partial charge in [-0.15, -0.1) is 0 Å². The van der Waals surface area contributed by atoms with Crippen molar-refractivity contribution in [1.29, 1.82) is 0 Å². The van der Waals surface area contributed by atoms with Gasteiger partial charge in [0, 0.05) is 46.2 Å². The molecular formula is C25H24ClN3O3. The van der Waals surface area contributed by atoms with Crippen molar-refractivity contribution in [3.05, 3.63) is 98.9 Å². The van der Waals surface area contributed by atoms with Crippen molar-refractivity contribution in [2.45, 2.75) is 38.3 Å². The molecule has 0 saturated heterocycles. The molecule has 1 aliphatic rings.